The summed E-state index contributed by atoms with van der Waals surface area (Å²) in [6.45, 7) is 8.40. The second-order valence-electron chi connectivity index (χ2n) is 25.7. The van der Waals surface area contributed by atoms with Crippen molar-refractivity contribution in [3.05, 3.63) is 317 Å². The third-order valence-electron chi connectivity index (χ3n) is 20.6. The van der Waals surface area contributed by atoms with Crippen LogP contribution in [-0.4, -0.2) is 18.3 Å². The average Bonchev–Trinajstić information content (AvgIpc) is 1.54. The Morgan fingerprint density at radius 2 is 0.764 bits per heavy atom. The van der Waals surface area contributed by atoms with Crippen LogP contribution in [0.3, 0.4) is 0 Å². The van der Waals surface area contributed by atoms with Gasteiger partial charge in [-0.15, -0.1) is 0 Å². The third-order valence-corrected chi connectivity index (χ3v) is 20.6. The molecule has 20 aromatic rings. The predicted molar refractivity (Wildman–Crippen MR) is 415 cm³/mol. The van der Waals surface area contributed by atoms with Crippen molar-refractivity contribution in [3.63, 3.8) is 0 Å². The van der Waals surface area contributed by atoms with Crippen molar-refractivity contribution in [2.45, 2.75) is 0 Å². The van der Waals surface area contributed by atoms with Crippen molar-refractivity contribution in [2.75, 3.05) is 0 Å². The SMILES string of the molecule is N#Cc1cc(-n2c3ccccc3c3ccccc32)c(C#N)cc1-c1ccc(-n2c3ccccc3c3c4oc5ccccc5c4ccc32)c(C#N)c1C#N.[C-]#[N+]c1c(C#N)c(-n2c3ccccc3c3c4c(ccc32)oc2ccccc24)c(C#N)c(C#N)c1-c1ccc(-n2c3ccccc3c3ccccc32)cc1. The van der Waals surface area contributed by atoms with Gasteiger partial charge in [0.2, 0.25) is 5.69 Å². The lowest BCUT2D eigenvalue weighted by molar-refractivity contribution is 0.669. The summed E-state index contributed by atoms with van der Waals surface area (Å²) in [7, 11) is 0. The number of fused-ring (bicyclic) bond motifs is 20. The van der Waals surface area contributed by atoms with Gasteiger partial charge in [-0.25, -0.2) is 4.85 Å². The minimum absolute atomic E-state index is 0.0171. The molecular formula is C92H44N12O2. The van der Waals surface area contributed by atoms with E-state index in [1.54, 1.807) is 18.2 Å². The molecule has 0 saturated carbocycles. The van der Waals surface area contributed by atoms with Crippen LogP contribution in [0.5, 0.6) is 0 Å². The first-order valence-corrected chi connectivity index (χ1v) is 33.8. The van der Waals surface area contributed by atoms with E-state index in [2.05, 4.69) is 76.2 Å². The number of benzene rings is 14. The number of nitrogens with zero attached hydrogens (tertiary/aromatic N) is 12. The van der Waals surface area contributed by atoms with Gasteiger partial charge in [0.1, 0.15) is 46.6 Å². The Balaban J connectivity index is 0.000000145. The molecule has 0 N–H and O–H groups in total. The van der Waals surface area contributed by atoms with E-state index in [0.717, 1.165) is 131 Å². The molecule has 20 rings (SSSR count). The Morgan fingerprint density at radius 3 is 1.33 bits per heavy atom. The first-order chi connectivity index (χ1) is 52.3. The van der Waals surface area contributed by atoms with Crippen LogP contribution in [0.15, 0.2) is 276 Å². The fourth-order valence-electron chi connectivity index (χ4n) is 16.2. The van der Waals surface area contributed by atoms with Gasteiger partial charge < -0.3 is 27.1 Å². The van der Waals surface area contributed by atoms with Crippen LogP contribution in [-0.2, 0) is 0 Å². The largest absolute Gasteiger partial charge is 0.456 e. The van der Waals surface area contributed by atoms with Crippen molar-refractivity contribution < 1.29 is 8.83 Å². The van der Waals surface area contributed by atoms with Crippen molar-refractivity contribution in [2.24, 2.45) is 0 Å². The molecule has 106 heavy (non-hydrogen) atoms. The Labute approximate surface area is 602 Å². The molecule has 0 atom stereocenters. The molecule has 6 aromatic heterocycles. The quantitative estimate of drug-likeness (QED) is 0.144. The number of nitriles is 7. The first kappa shape index (κ1) is 60.9. The second-order valence-corrected chi connectivity index (χ2v) is 25.7. The van der Waals surface area contributed by atoms with E-state index in [4.69, 9.17) is 15.4 Å². The van der Waals surface area contributed by atoms with Crippen LogP contribution in [0.4, 0.5) is 5.69 Å². The van der Waals surface area contributed by atoms with E-state index < -0.39 is 0 Å². The third kappa shape index (κ3) is 8.63. The lowest BCUT2D eigenvalue weighted by atomic mass is 9.89. The molecule has 484 valence electrons. The zero-order valence-corrected chi connectivity index (χ0v) is 55.6. The molecule has 0 saturated heterocycles. The van der Waals surface area contributed by atoms with Gasteiger partial charge in [0.05, 0.1) is 130 Å². The highest BCUT2D eigenvalue weighted by molar-refractivity contribution is 6.28. The maximum absolute atomic E-state index is 10.9. The number of furan rings is 2. The van der Waals surface area contributed by atoms with Crippen molar-refractivity contribution >= 4 is 137 Å². The highest BCUT2D eigenvalue weighted by Crippen LogP contribution is 2.49. The fraction of sp³-hybridized carbons (Fsp3) is 0. The van der Waals surface area contributed by atoms with Gasteiger partial charge >= 0.3 is 0 Å². The second kappa shape index (κ2) is 23.7. The Morgan fingerprint density at radius 1 is 0.292 bits per heavy atom. The highest BCUT2D eigenvalue weighted by atomic mass is 16.3. The number of hydrogen-bond donors (Lipinski definition) is 0. The molecule has 0 fully saturated rings. The Kier molecular flexibility index (Phi) is 13.6. The summed E-state index contributed by atoms with van der Waals surface area (Å²) < 4.78 is 20.7. The number of rotatable bonds is 6. The van der Waals surface area contributed by atoms with Crippen molar-refractivity contribution in [1.29, 1.82) is 36.8 Å². The summed E-state index contributed by atoms with van der Waals surface area (Å²) >= 11 is 0. The first-order valence-electron chi connectivity index (χ1n) is 33.8. The zero-order valence-electron chi connectivity index (χ0n) is 55.6. The molecule has 0 spiro atoms. The van der Waals surface area contributed by atoms with Gasteiger partial charge in [0.25, 0.3) is 0 Å². The number of para-hydroxylation sites is 8. The highest BCUT2D eigenvalue weighted by Gasteiger charge is 2.31. The summed E-state index contributed by atoms with van der Waals surface area (Å²) in [5, 5.41) is 86.9. The standard InChI is InChI=1S/2C46H22N6O/c1-50-45-35(26-49)46(52-38-16-8-4-12-31(38)43-39(52)22-23-41-44(43)32-13-5-9-17-40(32)53-41)34(25-48)33(24-47)42(45)27-18-20-28(21-19-27)51-36-14-6-2-10-29(36)30-11-3-7-15-37(30)51;47-23-27-22-43(52-38-13-5-1-9-30(38)31-10-2-6-14-39(31)52)28(24-48)21-35(27)29-17-19-41(37(26-50)36(29)25-49)51-40-15-7-3-12-34(40)45-42(51)20-18-33-32-11-4-8-16-44(32)53-46(33)45/h2-23H;1-22H. The summed E-state index contributed by atoms with van der Waals surface area (Å²) in [6.07, 6.45) is 0. The maximum Gasteiger partial charge on any atom is 0.215 e. The summed E-state index contributed by atoms with van der Waals surface area (Å²) in [6, 6.07) is 102. The molecule has 14 aromatic carbocycles. The molecule has 0 aliphatic heterocycles. The van der Waals surface area contributed by atoms with Crippen LogP contribution in [0.25, 0.3) is 181 Å². The van der Waals surface area contributed by atoms with E-state index in [0.29, 0.717) is 39.2 Å². The molecule has 0 bridgehead atoms. The monoisotopic (exact) mass is 1350 g/mol. The van der Waals surface area contributed by atoms with Crippen molar-refractivity contribution in [1.82, 2.24) is 18.3 Å². The summed E-state index contributed by atoms with van der Waals surface area (Å²) in [4.78, 5) is 3.90. The Bertz CT molecular complexity index is 7540. The lowest BCUT2D eigenvalue weighted by Crippen LogP contribution is -2.06. The van der Waals surface area contributed by atoms with Gasteiger partial charge in [-0.05, 0) is 109 Å². The molecule has 0 aliphatic carbocycles. The topological polar surface area (TPSA) is 217 Å². The minimum Gasteiger partial charge on any atom is -0.456 e. The minimum atomic E-state index is 0.0171. The van der Waals surface area contributed by atoms with Crippen LogP contribution in [0.1, 0.15) is 38.9 Å². The molecule has 14 nitrogen and oxygen atoms in total. The number of hydrogen-bond acceptors (Lipinski definition) is 9. The van der Waals surface area contributed by atoms with E-state index in [1.807, 2.05) is 238 Å². The van der Waals surface area contributed by atoms with Gasteiger partial charge in [0, 0.05) is 81.6 Å². The van der Waals surface area contributed by atoms with Gasteiger partial charge in [-0.1, -0.05) is 164 Å². The van der Waals surface area contributed by atoms with E-state index in [9.17, 15) is 36.8 Å². The van der Waals surface area contributed by atoms with Crippen LogP contribution in [0, 0.1) is 85.9 Å². The molecule has 0 radical (unpaired) electrons. The number of aromatic nitrogens is 4. The summed E-state index contributed by atoms with van der Waals surface area (Å²) in [5.41, 5.74) is 14.8. The molecule has 0 unspecified atom stereocenters. The zero-order chi connectivity index (χ0) is 71.6. The molecule has 6 heterocycles. The van der Waals surface area contributed by atoms with E-state index in [-0.39, 0.29) is 50.3 Å². The van der Waals surface area contributed by atoms with Gasteiger partial charge in [-0.2, -0.15) is 36.8 Å². The molecular weight excluding hydrogens is 1310 g/mol. The van der Waals surface area contributed by atoms with E-state index >= 15 is 0 Å². The average molecular weight is 1350 g/mol. The van der Waals surface area contributed by atoms with Gasteiger partial charge in [0.15, 0.2) is 0 Å². The normalized spacial score (nSPS) is 11.3. The summed E-state index contributed by atoms with van der Waals surface area (Å²) in [5.74, 6) is 0. The maximum atomic E-state index is 10.9. The molecule has 14 heteroatoms. The van der Waals surface area contributed by atoms with Crippen molar-refractivity contribution in [3.8, 4) is 87.5 Å². The lowest BCUT2D eigenvalue weighted by Gasteiger charge is -2.18. The van der Waals surface area contributed by atoms with Gasteiger partial charge in [-0.3, -0.25) is 0 Å². The predicted octanol–water partition coefficient (Wildman–Crippen LogP) is 22.5. The smallest absolute Gasteiger partial charge is 0.215 e. The van der Waals surface area contributed by atoms with E-state index in [1.165, 1.54) is 0 Å². The Hall–Kier alpha value is -16.2. The van der Waals surface area contributed by atoms with Crippen LogP contribution in [0.2, 0.25) is 0 Å². The fourth-order valence-corrected chi connectivity index (χ4v) is 16.2. The van der Waals surface area contributed by atoms with Crippen LogP contribution < -0.4 is 0 Å². The molecule has 0 amide bonds. The molecule has 0 aliphatic rings. The van der Waals surface area contributed by atoms with Crippen LogP contribution >= 0.6 is 0 Å².